The summed E-state index contributed by atoms with van der Waals surface area (Å²) < 4.78 is 2.24. The number of hydrogen-bond acceptors (Lipinski definition) is 4. The molecule has 1 saturated carbocycles. The van der Waals surface area contributed by atoms with Gasteiger partial charge in [0.05, 0.1) is 5.69 Å². The van der Waals surface area contributed by atoms with E-state index in [0.29, 0.717) is 11.3 Å². The summed E-state index contributed by atoms with van der Waals surface area (Å²) in [5.41, 5.74) is 1.55. The highest BCUT2D eigenvalue weighted by Gasteiger charge is 2.49. The van der Waals surface area contributed by atoms with Crippen LogP contribution < -0.4 is 0 Å². The number of rotatable bonds is 4. The van der Waals surface area contributed by atoms with Crippen LogP contribution in [0, 0.1) is 5.41 Å². The molecule has 0 amide bonds. The van der Waals surface area contributed by atoms with Crippen molar-refractivity contribution in [1.29, 1.82) is 0 Å². The number of aryl methyl sites for hydroxylation is 1. The predicted molar refractivity (Wildman–Crippen MR) is 93.5 cm³/mol. The van der Waals surface area contributed by atoms with Crippen LogP contribution in [0.25, 0.3) is 0 Å². The van der Waals surface area contributed by atoms with Gasteiger partial charge in [0.1, 0.15) is 12.2 Å². The Morgan fingerprint density at radius 2 is 2.08 bits per heavy atom. The summed E-state index contributed by atoms with van der Waals surface area (Å²) in [6.07, 6.45) is 10.5. The molecule has 0 N–H and O–H groups in total. The number of hydrogen-bond donors (Lipinski definition) is 0. The molecule has 24 heavy (non-hydrogen) atoms. The molecule has 1 spiro atoms. The molecule has 1 saturated heterocycles. The van der Waals surface area contributed by atoms with Crippen molar-refractivity contribution in [3.8, 4) is 0 Å². The van der Waals surface area contributed by atoms with Crippen LogP contribution in [0.2, 0.25) is 0 Å². The van der Waals surface area contributed by atoms with Crippen LogP contribution in [0.5, 0.6) is 0 Å². The minimum absolute atomic E-state index is 0.382. The van der Waals surface area contributed by atoms with Crippen molar-refractivity contribution in [2.75, 3.05) is 13.1 Å². The first kappa shape index (κ1) is 15.8. The third-order valence-electron chi connectivity index (χ3n) is 5.98. The maximum atomic E-state index is 4.53. The van der Waals surface area contributed by atoms with E-state index in [2.05, 4.69) is 43.7 Å². The molecule has 2 aromatic heterocycles. The lowest BCUT2D eigenvalue weighted by molar-refractivity contribution is 0.163. The minimum Gasteiger partial charge on any atom is -0.318 e. The molecule has 2 fully saturated rings. The zero-order chi connectivity index (χ0) is 16.4. The lowest BCUT2D eigenvalue weighted by atomic mass is 9.67. The normalized spacial score (nSPS) is 23.8. The highest BCUT2D eigenvalue weighted by molar-refractivity contribution is 5.14. The van der Waals surface area contributed by atoms with E-state index in [9.17, 15) is 0 Å². The van der Waals surface area contributed by atoms with Crippen LogP contribution in [0.1, 0.15) is 56.5 Å². The lowest BCUT2D eigenvalue weighted by Gasteiger charge is -2.38. The maximum absolute atomic E-state index is 4.53. The molecule has 0 aromatic carbocycles. The largest absolute Gasteiger partial charge is 0.318 e. The zero-order valence-corrected chi connectivity index (χ0v) is 14.6. The molecule has 5 nitrogen and oxygen atoms in total. The molecule has 128 valence electrons. The second-order valence-electron chi connectivity index (χ2n) is 7.44. The Hall–Kier alpha value is -1.75. The Balaban J connectivity index is 1.60. The predicted octanol–water partition coefficient (Wildman–Crippen LogP) is 3.24. The van der Waals surface area contributed by atoms with E-state index < -0.39 is 0 Å². The van der Waals surface area contributed by atoms with Crippen LogP contribution >= 0.6 is 0 Å². The van der Waals surface area contributed by atoms with Crippen molar-refractivity contribution in [3.63, 3.8) is 0 Å². The number of pyridine rings is 1. The van der Waals surface area contributed by atoms with E-state index >= 15 is 0 Å². The molecule has 1 aliphatic heterocycles. The fraction of sp³-hybridized carbons (Fsp3) is 0.632. The van der Waals surface area contributed by atoms with Crippen molar-refractivity contribution < 1.29 is 0 Å². The second-order valence-corrected chi connectivity index (χ2v) is 7.44. The van der Waals surface area contributed by atoms with E-state index in [1.807, 2.05) is 18.6 Å². The van der Waals surface area contributed by atoms with Gasteiger partial charge in [-0.15, -0.1) is 10.2 Å². The van der Waals surface area contributed by atoms with Crippen LogP contribution in [0.3, 0.4) is 0 Å². The first-order valence-corrected chi connectivity index (χ1v) is 9.31. The second kappa shape index (κ2) is 6.63. The van der Waals surface area contributed by atoms with E-state index in [0.717, 1.165) is 19.6 Å². The lowest BCUT2D eigenvalue weighted by Crippen LogP contribution is -2.33. The highest BCUT2D eigenvalue weighted by atomic mass is 15.3. The van der Waals surface area contributed by atoms with Gasteiger partial charge in [0.25, 0.3) is 0 Å². The molecule has 2 aromatic rings. The minimum atomic E-state index is 0.382. The molecular weight excluding hydrogens is 298 g/mol. The van der Waals surface area contributed by atoms with Gasteiger partial charge in [0, 0.05) is 38.3 Å². The van der Waals surface area contributed by atoms with Gasteiger partial charge >= 0.3 is 0 Å². The quantitative estimate of drug-likeness (QED) is 0.866. The maximum Gasteiger partial charge on any atom is 0.137 e. The van der Waals surface area contributed by atoms with Crippen molar-refractivity contribution in [3.05, 3.63) is 42.2 Å². The summed E-state index contributed by atoms with van der Waals surface area (Å²) in [5.74, 6) is 1.70. The Morgan fingerprint density at radius 3 is 2.83 bits per heavy atom. The van der Waals surface area contributed by atoms with Crippen molar-refractivity contribution >= 4 is 0 Å². The highest BCUT2D eigenvalue weighted by Crippen LogP contribution is 2.51. The van der Waals surface area contributed by atoms with Gasteiger partial charge in [-0.2, -0.15) is 0 Å². The number of nitrogens with zero attached hydrogens (tertiary/aromatic N) is 5. The molecule has 0 bridgehead atoms. The van der Waals surface area contributed by atoms with Gasteiger partial charge in [-0.1, -0.05) is 25.3 Å². The summed E-state index contributed by atoms with van der Waals surface area (Å²) in [7, 11) is 0. The molecule has 1 unspecified atom stereocenters. The molecular formula is C19H27N5. The molecule has 0 radical (unpaired) electrons. The third kappa shape index (κ3) is 2.86. The summed E-state index contributed by atoms with van der Waals surface area (Å²) in [6, 6.07) is 6.21. The molecule has 4 rings (SSSR count). The molecule has 5 heteroatoms. The fourth-order valence-corrected chi connectivity index (χ4v) is 4.81. The van der Waals surface area contributed by atoms with E-state index in [-0.39, 0.29) is 0 Å². The smallest absolute Gasteiger partial charge is 0.137 e. The van der Waals surface area contributed by atoms with Gasteiger partial charge in [-0.05, 0) is 37.3 Å². The first-order chi connectivity index (χ1) is 11.8. The summed E-state index contributed by atoms with van der Waals surface area (Å²) in [6.45, 7) is 6.33. The Labute approximate surface area is 144 Å². The number of likely N-dealkylation sites (tertiary alicyclic amines) is 1. The van der Waals surface area contributed by atoms with Crippen LogP contribution in [0.4, 0.5) is 0 Å². The van der Waals surface area contributed by atoms with Crippen molar-refractivity contribution in [2.45, 2.75) is 58.0 Å². The van der Waals surface area contributed by atoms with Crippen molar-refractivity contribution in [1.82, 2.24) is 24.6 Å². The summed E-state index contributed by atoms with van der Waals surface area (Å²) >= 11 is 0. The summed E-state index contributed by atoms with van der Waals surface area (Å²) in [5, 5.41) is 8.74. The average molecular weight is 325 g/mol. The standard InChI is InChI=1S/C19H27N5/c1-2-24-15-21-22-18(24)17-13-23(12-16-8-4-7-11-20-16)14-19(17)9-5-3-6-10-19/h4,7-8,11,15,17H,2-3,5-6,9-10,12-14H2,1H3. The monoisotopic (exact) mass is 325 g/mol. The Morgan fingerprint density at radius 1 is 1.21 bits per heavy atom. The van der Waals surface area contributed by atoms with Gasteiger partial charge in [0.2, 0.25) is 0 Å². The zero-order valence-electron chi connectivity index (χ0n) is 14.6. The van der Waals surface area contributed by atoms with Crippen LogP contribution in [-0.4, -0.2) is 37.7 Å². The molecule has 1 atom stereocenters. The van der Waals surface area contributed by atoms with Gasteiger partial charge in [-0.3, -0.25) is 9.88 Å². The van der Waals surface area contributed by atoms with E-state index in [1.54, 1.807) is 0 Å². The van der Waals surface area contributed by atoms with Crippen LogP contribution in [-0.2, 0) is 13.1 Å². The average Bonchev–Trinajstić information content (AvgIpc) is 3.21. The third-order valence-corrected chi connectivity index (χ3v) is 5.98. The van der Waals surface area contributed by atoms with Gasteiger partial charge < -0.3 is 4.57 Å². The Kier molecular flexibility index (Phi) is 4.35. The molecule has 3 heterocycles. The van der Waals surface area contributed by atoms with Gasteiger partial charge in [0.15, 0.2) is 0 Å². The van der Waals surface area contributed by atoms with E-state index in [1.165, 1.54) is 50.2 Å². The van der Waals surface area contributed by atoms with Crippen LogP contribution in [0.15, 0.2) is 30.7 Å². The fourth-order valence-electron chi connectivity index (χ4n) is 4.81. The van der Waals surface area contributed by atoms with Crippen molar-refractivity contribution in [2.24, 2.45) is 5.41 Å². The molecule has 1 aliphatic carbocycles. The van der Waals surface area contributed by atoms with E-state index in [4.69, 9.17) is 0 Å². The Bertz CT molecular complexity index is 659. The SMILES string of the molecule is CCn1cnnc1C1CN(Cc2ccccn2)CC12CCCCC2. The molecule has 2 aliphatic rings. The number of aromatic nitrogens is 4. The summed E-state index contributed by atoms with van der Waals surface area (Å²) in [4.78, 5) is 7.11. The topological polar surface area (TPSA) is 46.8 Å². The van der Waals surface area contributed by atoms with Gasteiger partial charge in [-0.25, -0.2) is 0 Å². The first-order valence-electron chi connectivity index (χ1n) is 9.31.